The maximum Gasteiger partial charge on any atom is 0.147 e. The molecule has 0 spiro atoms. The highest BCUT2D eigenvalue weighted by atomic mass is 16.3. The van der Waals surface area contributed by atoms with Crippen LogP contribution in [0.2, 0.25) is 0 Å². The molecule has 0 radical (unpaired) electrons. The van der Waals surface area contributed by atoms with Crippen molar-refractivity contribution in [3.8, 4) is 0 Å². The monoisotopic (exact) mass is 211 g/mol. The number of aliphatic hydroxyl groups excluding tert-OH is 2. The van der Waals surface area contributed by atoms with Crippen molar-refractivity contribution >= 4 is 5.82 Å². The smallest absolute Gasteiger partial charge is 0.147 e. The molecule has 0 saturated heterocycles. The summed E-state index contributed by atoms with van der Waals surface area (Å²) in [5.74, 6) is 0.781. The molecular weight excluding hydrogens is 194 g/mol. The molecule has 0 aromatic carbocycles. The Balaban J connectivity index is 2.65. The van der Waals surface area contributed by atoms with Crippen LogP contribution in [0, 0.1) is 0 Å². The van der Waals surface area contributed by atoms with Gasteiger partial charge in [-0.05, 0) is 13.3 Å². The third kappa shape index (κ3) is 3.45. The number of hydrogen-bond acceptors (Lipinski definition) is 5. The second kappa shape index (κ2) is 6.31. The Labute approximate surface area is 89.4 Å². The molecule has 1 aromatic rings. The molecule has 0 bridgehead atoms. The lowest BCUT2D eigenvalue weighted by Crippen LogP contribution is -2.25. The minimum atomic E-state index is -0.0873. The molecule has 0 aliphatic carbocycles. The first-order valence-electron chi connectivity index (χ1n) is 5.09. The molecule has 15 heavy (non-hydrogen) atoms. The lowest BCUT2D eigenvalue weighted by Gasteiger charge is -2.20. The van der Waals surface area contributed by atoms with E-state index in [4.69, 9.17) is 10.2 Å². The maximum absolute atomic E-state index is 8.82. The average molecular weight is 211 g/mol. The predicted molar refractivity (Wildman–Crippen MR) is 57.5 cm³/mol. The summed E-state index contributed by atoms with van der Waals surface area (Å²) >= 11 is 0. The minimum Gasteiger partial charge on any atom is -0.396 e. The molecule has 0 unspecified atom stereocenters. The van der Waals surface area contributed by atoms with E-state index in [1.165, 1.54) is 0 Å². The number of rotatable bonds is 6. The van der Waals surface area contributed by atoms with Crippen molar-refractivity contribution in [3.05, 3.63) is 18.1 Å². The molecule has 1 heterocycles. The second-order valence-electron chi connectivity index (χ2n) is 3.18. The van der Waals surface area contributed by atoms with Crippen LogP contribution in [0.1, 0.15) is 19.0 Å². The van der Waals surface area contributed by atoms with Gasteiger partial charge in [0.25, 0.3) is 0 Å². The van der Waals surface area contributed by atoms with Gasteiger partial charge in [0, 0.05) is 19.7 Å². The minimum absolute atomic E-state index is 0.0873. The van der Waals surface area contributed by atoms with Crippen molar-refractivity contribution in [2.24, 2.45) is 0 Å². The van der Waals surface area contributed by atoms with Gasteiger partial charge < -0.3 is 15.1 Å². The van der Waals surface area contributed by atoms with E-state index in [0.717, 1.165) is 25.3 Å². The molecule has 0 atom stereocenters. The number of anilines is 1. The largest absolute Gasteiger partial charge is 0.396 e. The van der Waals surface area contributed by atoms with Crippen LogP contribution in [0.4, 0.5) is 5.82 Å². The van der Waals surface area contributed by atoms with Crippen LogP contribution >= 0.6 is 0 Å². The fourth-order valence-corrected chi connectivity index (χ4v) is 1.29. The van der Waals surface area contributed by atoms with Crippen molar-refractivity contribution in [1.29, 1.82) is 0 Å². The van der Waals surface area contributed by atoms with Gasteiger partial charge in [0.1, 0.15) is 5.82 Å². The van der Waals surface area contributed by atoms with Gasteiger partial charge >= 0.3 is 0 Å². The van der Waals surface area contributed by atoms with Crippen LogP contribution in [-0.4, -0.2) is 39.9 Å². The molecular formula is C10H17N3O2. The van der Waals surface area contributed by atoms with E-state index in [2.05, 4.69) is 9.97 Å². The fraction of sp³-hybridized carbons (Fsp3) is 0.600. The van der Waals surface area contributed by atoms with Crippen molar-refractivity contribution in [2.45, 2.75) is 20.0 Å². The van der Waals surface area contributed by atoms with Crippen LogP contribution < -0.4 is 4.90 Å². The summed E-state index contributed by atoms with van der Waals surface area (Å²) in [6.45, 7) is 3.71. The van der Waals surface area contributed by atoms with Gasteiger partial charge in [-0.3, -0.25) is 4.98 Å². The molecule has 1 rings (SSSR count). The number of aromatic nitrogens is 2. The van der Waals surface area contributed by atoms with Crippen molar-refractivity contribution in [2.75, 3.05) is 24.6 Å². The molecule has 5 heteroatoms. The van der Waals surface area contributed by atoms with E-state index >= 15 is 0 Å². The third-order valence-electron chi connectivity index (χ3n) is 2.15. The molecule has 1 aromatic heterocycles. The second-order valence-corrected chi connectivity index (χ2v) is 3.18. The Bertz CT molecular complexity index is 277. The first kappa shape index (κ1) is 11.9. The van der Waals surface area contributed by atoms with E-state index in [1.54, 1.807) is 12.4 Å². The summed E-state index contributed by atoms with van der Waals surface area (Å²) in [7, 11) is 0. The SMILES string of the molecule is CCN(CCCO)c1cnc(CO)cn1. The van der Waals surface area contributed by atoms with E-state index in [0.29, 0.717) is 5.69 Å². The zero-order valence-corrected chi connectivity index (χ0v) is 8.93. The molecule has 5 nitrogen and oxygen atoms in total. The summed E-state index contributed by atoms with van der Waals surface area (Å²) in [5.41, 5.74) is 0.567. The fourth-order valence-electron chi connectivity index (χ4n) is 1.29. The third-order valence-corrected chi connectivity index (χ3v) is 2.15. The molecule has 84 valence electrons. The highest BCUT2D eigenvalue weighted by Crippen LogP contribution is 2.08. The predicted octanol–water partition coefficient (Wildman–Crippen LogP) is 0.178. The highest BCUT2D eigenvalue weighted by Gasteiger charge is 2.05. The summed E-state index contributed by atoms with van der Waals surface area (Å²) in [6, 6.07) is 0. The van der Waals surface area contributed by atoms with Crippen molar-refractivity contribution < 1.29 is 10.2 Å². The van der Waals surface area contributed by atoms with Crippen LogP contribution in [0.5, 0.6) is 0 Å². The number of aliphatic hydroxyl groups is 2. The van der Waals surface area contributed by atoms with E-state index in [-0.39, 0.29) is 13.2 Å². The quantitative estimate of drug-likeness (QED) is 0.702. The van der Waals surface area contributed by atoms with E-state index in [1.807, 2.05) is 11.8 Å². The van der Waals surface area contributed by atoms with Crippen molar-refractivity contribution in [3.63, 3.8) is 0 Å². The van der Waals surface area contributed by atoms with E-state index in [9.17, 15) is 0 Å². The lowest BCUT2D eigenvalue weighted by atomic mass is 10.4. The molecule has 0 aliphatic rings. The highest BCUT2D eigenvalue weighted by molar-refractivity contribution is 5.35. The van der Waals surface area contributed by atoms with Crippen molar-refractivity contribution in [1.82, 2.24) is 9.97 Å². The maximum atomic E-state index is 8.82. The molecule has 0 fully saturated rings. The summed E-state index contributed by atoms with van der Waals surface area (Å²) in [6.07, 6.45) is 3.93. The first-order valence-corrected chi connectivity index (χ1v) is 5.09. The summed E-state index contributed by atoms with van der Waals surface area (Å²) in [4.78, 5) is 10.3. The molecule has 0 aliphatic heterocycles. The zero-order chi connectivity index (χ0) is 11.1. The number of nitrogens with zero attached hydrogens (tertiary/aromatic N) is 3. The Kier molecular flexibility index (Phi) is 5.00. The lowest BCUT2D eigenvalue weighted by molar-refractivity contribution is 0.276. The van der Waals surface area contributed by atoms with Crippen LogP contribution in [0.15, 0.2) is 12.4 Å². The van der Waals surface area contributed by atoms with Gasteiger partial charge in [-0.2, -0.15) is 0 Å². The van der Waals surface area contributed by atoms with Gasteiger partial charge in [0.2, 0.25) is 0 Å². The first-order chi connectivity index (χ1) is 7.31. The Morgan fingerprint density at radius 1 is 1.27 bits per heavy atom. The van der Waals surface area contributed by atoms with Crippen LogP contribution in [0.3, 0.4) is 0 Å². The van der Waals surface area contributed by atoms with Gasteiger partial charge in [0.05, 0.1) is 24.7 Å². The normalized spacial score (nSPS) is 10.3. The van der Waals surface area contributed by atoms with Gasteiger partial charge in [-0.15, -0.1) is 0 Å². The summed E-state index contributed by atoms with van der Waals surface area (Å²) in [5, 5.41) is 17.6. The Morgan fingerprint density at radius 2 is 2.07 bits per heavy atom. The van der Waals surface area contributed by atoms with E-state index < -0.39 is 0 Å². The Hall–Kier alpha value is -1.20. The Morgan fingerprint density at radius 3 is 2.53 bits per heavy atom. The van der Waals surface area contributed by atoms with Crippen LogP contribution in [0.25, 0.3) is 0 Å². The molecule has 2 N–H and O–H groups in total. The van der Waals surface area contributed by atoms with Gasteiger partial charge in [-0.1, -0.05) is 0 Å². The average Bonchev–Trinajstić information content (AvgIpc) is 2.31. The van der Waals surface area contributed by atoms with Gasteiger partial charge in [0.15, 0.2) is 0 Å². The zero-order valence-electron chi connectivity index (χ0n) is 8.93. The standard InChI is InChI=1S/C10H17N3O2/c1-2-13(4-3-5-14)10-7-11-9(8-15)6-12-10/h6-7,14-15H,2-5,8H2,1H3. The molecule has 0 saturated carbocycles. The van der Waals surface area contributed by atoms with Crippen LogP contribution in [-0.2, 0) is 6.61 Å². The topological polar surface area (TPSA) is 69.5 Å². The number of hydrogen-bond donors (Lipinski definition) is 2. The summed E-state index contributed by atoms with van der Waals surface area (Å²) < 4.78 is 0. The van der Waals surface area contributed by atoms with Gasteiger partial charge in [-0.25, -0.2) is 4.98 Å². The molecule has 0 amide bonds.